The van der Waals surface area contributed by atoms with Crippen molar-refractivity contribution in [3.05, 3.63) is 12.2 Å². The number of rotatable bonds is 1. The third kappa shape index (κ3) is 1.01. The highest BCUT2D eigenvalue weighted by Crippen LogP contribution is 2.28. The summed E-state index contributed by atoms with van der Waals surface area (Å²) in [6, 6.07) is 0.0359. The molecule has 2 bridgehead atoms. The minimum absolute atomic E-state index is 0.0175. The largest absolute Gasteiger partial charge is 0.359 e. The van der Waals surface area contributed by atoms with Crippen molar-refractivity contribution in [3.8, 4) is 0 Å². The Hall–Kier alpha value is -0.670. The molecule has 0 radical (unpaired) electrons. The van der Waals surface area contributed by atoms with Crippen molar-refractivity contribution in [2.45, 2.75) is 19.2 Å². The molecule has 0 aliphatic carbocycles. The smallest absolute Gasteiger partial charge is 0.147 e. The van der Waals surface area contributed by atoms with Crippen LogP contribution in [-0.4, -0.2) is 36.6 Å². The topological polar surface area (TPSA) is 29.5 Å². The van der Waals surface area contributed by atoms with E-state index >= 15 is 0 Å². The lowest BCUT2D eigenvalue weighted by molar-refractivity contribution is -0.146. The second kappa shape index (κ2) is 2.68. The zero-order valence-corrected chi connectivity index (χ0v) is 7.36. The first-order valence-electron chi connectivity index (χ1n) is 4.22. The van der Waals surface area contributed by atoms with Crippen molar-refractivity contribution in [1.82, 2.24) is 4.90 Å². The summed E-state index contributed by atoms with van der Waals surface area (Å²) >= 11 is 0. The fourth-order valence-corrected chi connectivity index (χ4v) is 2.06. The normalized spacial score (nSPS) is 40.3. The minimum Gasteiger partial charge on any atom is -0.359 e. The van der Waals surface area contributed by atoms with E-state index in [0.29, 0.717) is 6.61 Å². The molecule has 0 amide bonds. The Morgan fingerprint density at radius 1 is 1.58 bits per heavy atom. The van der Waals surface area contributed by atoms with Crippen LogP contribution in [0.1, 0.15) is 6.92 Å². The van der Waals surface area contributed by atoms with Gasteiger partial charge >= 0.3 is 0 Å². The van der Waals surface area contributed by atoms with Gasteiger partial charge in [-0.25, -0.2) is 0 Å². The van der Waals surface area contributed by atoms with Crippen LogP contribution in [0.3, 0.4) is 0 Å². The second-order valence-corrected chi connectivity index (χ2v) is 3.49. The summed E-state index contributed by atoms with van der Waals surface area (Å²) in [6.45, 7) is 2.34. The lowest BCUT2D eigenvalue weighted by Gasteiger charge is -2.44. The highest BCUT2D eigenvalue weighted by Gasteiger charge is 2.39. The predicted octanol–water partition coefficient (Wildman–Crippen LogP) is 0.418. The molecule has 3 heterocycles. The third-order valence-electron chi connectivity index (χ3n) is 2.64. The van der Waals surface area contributed by atoms with E-state index in [1.165, 1.54) is 0 Å². The molecular formula is C9H13NO2. The van der Waals surface area contributed by atoms with Crippen LogP contribution in [0.2, 0.25) is 0 Å². The summed E-state index contributed by atoms with van der Waals surface area (Å²) in [4.78, 5) is 13.3. The van der Waals surface area contributed by atoms with Gasteiger partial charge in [0, 0.05) is 5.92 Å². The summed E-state index contributed by atoms with van der Waals surface area (Å²) in [5, 5.41) is 0. The highest BCUT2D eigenvalue weighted by atomic mass is 16.5. The van der Waals surface area contributed by atoms with Crippen molar-refractivity contribution in [3.63, 3.8) is 0 Å². The summed E-state index contributed by atoms with van der Waals surface area (Å²) in [7, 11) is 1.94. The van der Waals surface area contributed by atoms with Crippen LogP contribution in [-0.2, 0) is 9.53 Å². The molecule has 1 saturated heterocycles. The molecule has 3 aliphatic rings. The van der Waals surface area contributed by atoms with Crippen molar-refractivity contribution < 1.29 is 9.53 Å². The van der Waals surface area contributed by atoms with E-state index in [0.717, 1.165) is 0 Å². The van der Waals surface area contributed by atoms with Gasteiger partial charge in [-0.15, -0.1) is 0 Å². The second-order valence-electron chi connectivity index (χ2n) is 3.49. The van der Waals surface area contributed by atoms with Crippen LogP contribution in [0, 0.1) is 5.92 Å². The van der Waals surface area contributed by atoms with E-state index in [9.17, 15) is 4.79 Å². The molecule has 0 spiro atoms. The molecule has 0 aromatic heterocycles. The Balaban J connectivity index is 2.26. The van der Waals surface area contributed by atoms with Gasteiger partial charge in [0.25, 0.3) is 0 Å². The Morgan fingerprint density at radius 2 is 2.33 bits per heavy atom. The molecule has 3 rings (SSSR count). The van der Waals surface area contributed by atoms with Crippen molar-refractivity contribution in [1.29, 1.82) is 0 Å². The molecule has 12 heavy (non-hydrogen) atoms. The lowest BCUT2D eigenvalue weighted by atomic mass is 9.90. The van der Waals surface area contributed by atoms with Gasteiger partial charge in [0.1, 0.15) is 12.0 Å². The zero-order valence-electron chi connectivity index (χ0n) is 7.36. The molecule has 3 nitrogen and oxygen atoms in total. The Kier molecular flexibility index (Phi) is 1.77. The SMILES string of the molecule is CC(=O)C1C2C=CC(OC2)N1C. The molecule has 0 aromatic rings. The highest BCUT2D eigenvalue weighted by molar-refractivity contribution is 5.82. The van der Waals surface area contributed by atoms with Gasteiger partial charge in [-0.05, 0) is 20.0 Å². The molecule has 66 valence electrons. The Morgan fingerprint density at radius 3 is 2.67 bits per heavy atom. The number of likely N-dealkylation sites (N-methyl/N-ethyl adjacent to an activating group) is 1. The van der Waals surface area contributed by atoms with Crippen LogP contribution < -0.4 is 0 Å². The molecule has 0 saturated carbocycles. The zero-order chi connectivity index (χ0) is 8.72. The maximum atomic E-state index is 11.3. The van der Waals surface area contributed by atoms with Crippen LogP contribution in [0.4, 0.5) is 0 Å². The van der Waals surface area contributed by atoms with E-state index in [1.807, 2.05) is 18.0 Å². The minimum atomic E-state index is 0.0175. The fraction of sp³-hybridized carbons (Fsp3) is 0.667. The number of ketones is 1. The number of ether oxygens (including phenoxy) is 1. The van der Waals surface area contributed by atoms with Crippen molar-refractivity contribution in [2.24, 2.45) is 5.92 Å². The number of fused-ring (bicyclic) bond motifs is 2. The van der Waals surface area contributed by atoms with Crippen molar-refractivity contribution in [2.75, 3.05) is 13.7 Å². The average Bonchev–Trinajstić information content (AvgIpc) is 2.05. The standard InChI is InChI=1S/C9H13NO2/c1-6(11)9-7-3-4-8(10(9)2)12-5-7/h3-4,7-9H,5H2,1-2H3. The van der Waals surface area contributed by atoms with Crippen LogP contribution in [0.25, 0.3) is 0 Å². The molecule has 3 unspecified atom stereocenters. The first-order valence-corrected chi connectivity index (χ1v) is 4.22. The number of carbonyl (C=O) groups excluding carboxylic acids is 1. The van der Waals surface area contributed by atoms with E-state index in [1.54, 1.807) is 6.92 Å². The van der Waals surface area contributed by atoms with Gasteiger partial charge in [-0.2, -0.15) is 0 Å². The van der Waals surface area contributed by atoms with E-state index in [2.05, 4.69) is 6.08 Å². The summed E-state index contributed by atoms with van der Waals surface area (Å²) in [6.07, 6.45) is 4.14. The van der Waals surface area contributed by atoms with Gasteiger partial charge in [0.05, 0.1) is 12.6 Å². The van der Waals surface area contributed by atoms with E-state index < -0.39 is 0 Å². The molecule has 0 N–H and O–H groups in total. The maximum absolute atomic E-state index is 11.3. The number of carbonyl (C=O) groups is 1. The number of nitrogens with zero attached hydrogens (tertiary/aromatic N) is 1. The average molecular weight is 167 g/mol. The maximum Gasteiger partial charge on any atom is 0.147 e. The van der Waals surface area contributed by atoms with Gasteiger partial charge in [-0.3, -0.25) is 9.69 Å². The molecule has 0 aromatic carbocycles. The molecule has 1 fully saturated rings. The number of Topliss-reactive ketones (excluding diaryl/α,β-unsaturated/α-hetero) is 1. The predicted molar refractivity (Wildman–Crippen MR) is 44.6 cm³/mol. The van der Waals surface area contributed by atoms with Crippen molar-refractivity contribution >= 4 is 5.78 Å². The first kappa shape index (κ1) is 7.95. The van der Waals surface area contributed by atoms with Crippen LogP contribution >= 0.6 is 0 Å². The van der Waals surface area contributed by atoms with Gasteiger partial charge in [-0.1, -0.05) is 6.08 Å². The third-order valence-corrected chi connectivity index (χ3v) is 2.64. The first-order chi connectivity index (χ1) is 5.70. The van der Waals surface area contributed by atoms with Gasteiger partial charge < -0.3 is 4.74 Å². The monoisotopic (exact) mass is 167 g/mol. The quantitative estimate of drug-likeness (QED) is 0.530. The number of hydrogen-bond acceptors (Lipinski definition) is 3. The van der Waals surface area contributed by atoms with E-state index in [-0.39, 0.29) is 24.0 Å². The van der Waals surface area contributed by atoms with E-state index in [4.69, 9.17) is 4.74 Å². The summed E-state index contributed by atoms with van der Waals surface area (Å²) in [5.74, 6) is 0.498. The molecular weight excluding hydrogens is 154 g/mol. The lowest BCUT2D eigenvalue weighted by Crippen LogP contribution is -2.56. The Bertz CT molecular complexity index is 237. The number of hydrogen-bond donors (Lipinski definition) is 0. The molecule has 3 aliphatic heterocycles. The molecule has 3 atom stereocenters. The van der Waals surface area contributed by atoms with Crippen LogP contribution in [0.15, 0.2) is 12.2 Å². The van der Waals surface area contributed by atoms with Gasteiger partial charge in [0.2, 0.25) is 0 Å². The summed E-state index contributed by atoms with van der Waals surface area (Å²) in [5.41, 5.74) is 0. The Labute approximate surface area is 72.0 Å². The fourth-order valence-electron chi connectivity index (χ4n) is 2.06. The van der Waals surface area contributed by atoms with Crippen LogP contribution in [0.5, 0.6) is 0 Å². The summed E-state index contributed by atoms with van der Waals surface area (Å²) < 4.78 is 5.46. The van der Waals surface area contributed by atoms with Gasteiger partial charge in [0.15, 0.2) is 0 Å². The molecule has 3 heteroatoms.